The number of nitrogens with zero attached hydrogens (tertiary/aromatic N) is 2. The highest BCUT2D eigenvalue weighted by molar-refractivity contribution is 7.99. The van der Waals surface area contributed by atoms with E-state index >= 15 is 0 Å². The fourth-order valence-electron chi connectivity index (χ4n) is 2.20. The van der Waals surface area contributed by atoms with Crippen molar-refractivity contribution in [2.45, 2.75) is 45.4 Å². The van der Waals surface area contributed by atoms with Crippen molar-refractivity contribution in [1.82, 2.24) is 15.3 Å². The Bertz CT molecular complexity index is 363. The van der Waals surface area contributed by atoms with Crippen molar-refractivity contribution in [3.63, 3.8) is 0 Å². The maximum absolute atomic E-state index is 4.70. The minimum Gasteiger partial charge on any atom is -0.313 e. The van der Waals surface area contributed by atoms with Gasteiger partial charge in [-0.3, -0.25) is 0 Å². The summed E-state index contributed by atoms with van der Waals surface area (Å²) in [6, 6.07) is 0. The highest BCUT2D eigenvalue weighted by atomic mass is 32.2. The molecular weight excluding hydrogens is 230 g/mol. The van der Waals surface area contributed by atoms with Gasteiger partial charge in [-0.15, -0.1) is 0 Å². The quantitative estimate of drug-likeness (QED) is 0.893. The third-order valence-corrected chi connectivity index (χ3v) is 4.58. The van der Waals surface area contributed by atoms with Gasteiger partial charge in [-0.25, -0.2) is 9.97 Å². The van der Waals surface area contributed by atoms with Crippen molar-refractivity contribution in [2.75, 3.05) is 12.3 Å². The lowest BCUT2D eigenvalue weighted by Gasteiger charge is -2.13. The Kier molecular flexibility index (Phi) is 4.40. The van der Waals surface area contributed by atoms with Gasteiger partial charge in [0.25, 0.3) is 0 Å². The normalized spacial score (nSPS) is 19.8. The van der Waals surface area contributed by atoms with Gasteiger partial charge in [0.2, 0.25) is 0 Å². The van der Waals surface area contributed by atoms with E-state index < -0.39 is 0 Å². The van der Waals surface area contributed by atoms with Gasteiger partial charge in [0, 0.05) is 23.5 Å². The highest BCUT2D eigenvalue weighted by Crippen LogP contribution is 2.38. The summed E-state index contributed by atoms with van der Waals surface area (Å²) in [5.41, 5.74) is 3.54. The van der Waals surface area contributed by atoms with E-state index in [9.17, 15) is 0 Å². The van der Waals surface area contributed by atoms with Gasteiger partial charge < -0.3 is 5.32 Å². The Labute approximate surface area is 108 Å². The molecule has 0 radical (unpaired) electrons. The van der Waals surface area contributed by atoms with Crippen LogP contribution in [0.2, 0.25) is 0 Å². The molecule has 1 fully saturated rings. The van der Waals surface area contributed by atoms with E-state index in [1.54, 1.807) is 0 Å². The van der Waals surface area contributed by atoms with Gasteiger partial charge in [-0.1, -0.05) is 6.92 Å². The number of nitrogens with one attached hydrogen (secondary N) is 1. The van der Waals surface area contributed by atoms with Gasteiger partial charge in [-0.2, -0.15) is 11.8 Å². The maximum Gasteiger partial charge on any atom is 0.141 e. The second-order valence-electron chi connectivity index (χ2n) is 4.51. The van der Waals surface area contributed by atoms with Crippen LogP contribution in [0, 0.1) is 13.8 Å². The van der Waals surface area contributed by atoms with Crippen LogP contribution in [-0.4, -0.2) is 22.3 Å². The summed E-state index contributed by atoms with van der Waals surface area (Å²) >= 11 is 2.00. The standard InChI is InChI=1S/C13H21N3S/c1-4-14-8-11-9(2)15-13(16-10(11)3)12-6-5-7-17-12/h12,14H,4-8H2,1-3H3. The molecular formula is C13H21N3S. The molecule has 0 aliphatic carbocycles. The van der Waals surface area contributed by atoms with Crippen molar-refractivity contribution >= 4 is 11.8 Å². The summed E-state index contributed by atoms with van der Waals surface area (Å²) in [5, 5.41) is 3.88. The van der Waals surface area contributed by atoms with Gasteiger partial charge in [0.05, 0.1) is 5.25 Å². The van der Waals surface area contributed by atoms with Crippen molar-refractivity contribution in [3.8, 4) is 0 Å². The van der Waals surface area contributed by atoms with Crippen LogP contribution in [0.25, 0.3) is 0 Å². The van der Waals surface area contributed by atoms with Gasteiger partial charge in [0.15, 0.2) is 0 Å². The Balaban J connectivity index is 2.21. The summed E-state index contributed by atoms with van der Waals surface area (Å²) in [7, 11) is 0. The molecule has 17 heavy (non-hydrogen) atoms. The molecule has 94 valence electrons. The predicted octanol–water partition coefficient (Wildman–Crippen LogP) is 2.77. The average molecular weight is 251 g/mol. The lowest BCUT2D eigenvalue weighted by molar-refractivity contribution is 0.697. The average Bonchev–Trinajstić information content (AvgIpc) is 2.81. The number of hydrogen-bond donors (Lipinski definition) is 1. The van der Waals surface area contributed by atoms with Crippen molar-refractivity contribution in [3.05, 3.63) is 22.8 Å². The molecule has 1 aromatic heterocycles. The monoisotopic (exact) mass is 251 g/mol. The van der Waals surface area contributed by atoms with Crippen molar-refractivity contribution in [2.24, 2.45) is 0 Å². The zero-order chi connectivity index (χ0) is 12.3. The van der Waals surface area contributed by atoms with Crippen LogP contribution in [0.1, 0.15) is 47.8 Å². The minimum atomic E-state index is 0.528. The van der Waals surface area contributed by atoms with Gasteiger partial charge >= 0.3 is 0 Å². The second kappa shape index (κ2) is 5.83. The van der Waals surface area contributed by atoms with E-state index in [4.69, 9.17) is 9.97 Å². The number of rotatable bonds is 4. The first-order valence-corrected chi connectivity index (χ1v) is 7.43. The van der Waals surface area contributed by atoms with E-state index in [1.807, 2.05) is 11.8 Å². The summed E-state index contributed by atoms with van der Waals surface area (Å²) < 4.78 is 0. The largest absolute Gasteiger partial charge is 0.313 e. The fraction of sp³-hybridized carbons (Fsp3) is 0.692. The molecule has 1 atom stereocenters. The fourth-order valence-corrected chi connectivity index (χ4v) is 3.40. The van der Waals surface area contributed by atoms with Gasteiger partial charge in [-0.05, 0) is 39.0 Å². The van der Waals surface area contributed by atoms with Crippen LogP contribution in [0.5, 0.6) is 0 Å². The number of thioether (sulfide) groups is 1. The SMILES string of the molecule is CCNCc1c(C)nc(C2CCCS2)nc1C. The lowest BCUT2D eigenvalue weighted by Crippen LogP contribution is -2.16. The third-order valence-electron chi connectivity index (χ3n) is 3.21. The van der Waals surface area contributed by atoms with Crippen LogP contribution in [0.4, 0.5) is 0 Å². The third kappa shape index (κ3) is 2.99. The zero-order valence-electron chi connectivity index (χ0n) is 10.9. The molecule has 0 bridgehead atoms. The van der Waals surface area contributed by atoms with Crippen LogP contribution in [-0.2, 0) is 6.54 Å². The molecule has 0 amide bonds. The number of hydrogen-bond acceptors (Lipinski definition) is 4. The molecule has 1 saturated heterocycles. The van der Waals surface area contributed by atoms with Crippen LogP contribution in [0.15, 0.2) is 0 Å². The zero-order valence-corrected chi connectivity index (χ0v) is 11.7. The van der Waals surface area contributed by atoms with E-state index in [0.717, 1.165) is 30.3 Å². The molecule has 1 aliphatic rings. The molecule has 4 heteroatoms. The van der Waals surface area contributed by atoms with Crippen LogP contribution in [0.3, 0.4) is 0 Å². The molecule has 1 aliphatic heterocycles. The topological polar surface area (TPSA) is 37.8 Å². The molecule has 1 N–H and O–H groups in total. The molecule has 3 nitrogen and oxygen atoms in total. The van der Waals surface area contributed by atoms with Crippen LogP contribution >= 0.6 is 11.8 Å². The smallest absolute Gasteiger partial charge is 0.141 e. The summed E-state index contributed by atoms with van der Waals surface area (Å²) in [5.74, 6) is 2.30. The Hall–Kier alpha value is -0.610. The van der Waals surface area contributed by atoms with E-state index in [-0.39, 0.29) is 0 Å². The summed E-state index contributed by atoms with van der Waals surface area (Å²) in [6.07, 6.45) is 2.53. The number of aryl methyl sites for hydroxylation is 2. The lowest BCUT2D eigenvalue weighted by atomic mass is 10.1. The molecule has 1 unspecified atom stereocenters. The first-order valence-electron chi connectivity index (χ1n) is 6.38. The Morgan fingerprint density at radius 2 is 2.00 bits per heavy atom. The van der Waals surface area contributed by atoms with Gasteiger partial charge in [0.1, 0.15) is 5.82 Å². The number of aromatic nitrogens is 2. The molecule has 2 rings (SSSR count). The van der Waals surface area contributed by atoms with E-state index in [0.29, 0.717) is 5.25 Å². The second-order valence-corrected chi connectivity index (χ2v) is 5.82. The first-order chi connectivity index (χ1) is 8.22. The van der Waals surface area contributed by atoms with E-state index in [1.165, 1.54) is 24.2 Å². The van der Waals surface area contributed by atoms with E-state index in [2.05, 4.69) is 26.1 Å². The molecule has 0 spiro atoms. The predicted molar refractivity (Wildman–Crippen MR) is 73.3 cm³/mol. The molecule has 0 saturated carbocycles. The first kappa shape index (κ1) is 12.8. The van der Waals surface area contributed by atoms with Crippen LogP contribution < -0.4 is 5.32 Å². The molecule has 2 heterocycles. The molecule has 1 aromatic rings. The Morgan fingerprint density at radius 1 is 1.29 bits per heavy atom. The maximum atomic E-state index is 4.70. The summed E-state index contributed by atoms with van der Waals surface area (Å²) in [4.78, 5) is 9.39. The summed E-state index contributed by atoms with van der Waals surface area (Å²) in [6.45, 7) is 8.19. The highest BCUT2D eigenvalue weighted by Gasteiger charge is 2.21. The minimum absolute atomic E-state index is 0.528. The molecule has 0 aromatic carbocycles. The Morgan fingerprint density at radius 3 is 2.53 bits per heavy atom. The van der Waals surface area contributed by atoms with Crippen molar-refractivity contribution in [1.29, 1.82) is 0 Å². The van der Waals surface area contributed by atoms with Crippen molar-refractivity contribution < 1.29 is 0 Å².